The number of anilines is 1. The van der Waals surface area contributed by atoms with Crippen molar-refractivity contribution in [2.45, 2.75) is 0 Å². The second-order valence-electron chi connectivity index (χ2n) is 6.55. The first-order valence-corrected chi connectivity index (χ1v) is 11.0. The predicted octanol–water partition coefficient (Wildman–Crippen LogP) is 5.67. The Morgan fingerprint density at radius 1 is 1.19 bits per heavy atom. The summed E-state index contributed by atoms with van der Waals surface area (Å²) in [5.41, 5.74) is 1.84. The normalized spacial score (nSPS) is 11.2. The van der Waals surface area contributed by atoms with Gasteiger partial charge in [0.25, 0.3) is 0 Å². The molecule has 1 N–H and O–H groups in total. The Morgan fingerprint density at radius 2 is 2.00 bits per heavy atom. The van der Waals surface area contributed by atoms with Gasteiger partial charge in [0.15, 0.2) is 11.5 Å². The molecular formula is C23H16BrN3O4S. The van der Waals surface area contributed by atoms with Gasteiger partial charge in [-0.05, 0) is 36.4 Å². The number of thiazole rings is 1. The molecular weight excluding hydrogens is 494 g/mol. The fourth-order valence-corrected chi connectivity index (χ4v) is 4.18. The first-order valence-electron chi connectivity index (χ1n) is 9.31. The molecule has 0 fully saturated rings. The third-order valence-electron chi connectivity index (χ3n) is 4.59. The van der Waals surface area contributed by atoms with E-state index in [1.165, 1.54) is 11.3 Å². The van der Waals surface area contributed by atoms with Gasteiger partial charge in [-0.3, -0.25) is 0 Å². The Morgan fingerprint density at radius 3 is 2.75 bits per heavy atom. The molecule has 0 aliphatic rings. The fraction of sp³-hybridized carbons (Fsp3) is 0.0870. The number of hydrogen-bond donors (Lipinski definition) is 1. The summed E-state index contributed by atoms with van der Waals surface area (Å²) in [6.45, 7) is 0. The van der Waals surface area contributed by atoms with Gasteiger partial charge in [0.05, 0.1) is 25.5 Å². The number of aromatic nitrogens is 1. The maximum atomic E-state index is 12.5. The molecule has 9 heteroatoms. The Hall–Kier alpha value is -3.61. The molecule has 0 atom stereocenters. The van der Waals surface area contributed by atoms with Crippen LogP contribution in [0.25, 0.3) is 27.8 Å². The minimum absolute atomic E-state index is 0.323. The minimum atomic E-state index is -0.484. The number of ether oxygens (including phenoxy) is 2. The number of benzene rings is 2. The number of fused-ring (bicyclic) bond motifs is 1. The van der Waals surface area contributed by atoms with Crippen LogP contribution in [-0.2, 0) is 0 Å². The van der Waals surface area contributed by atoms with Crippen LogP contribution in [0.1, 0.15) is 5.01 Å². The number of nitrogens with zero attached hydrogens (tertiary/aromatic N) is 2. The van der Waals surface area contributed by atoms with Crippen molar-refractivity contribution in [3.05, 3.63) is 73.9 Å². The molecule has 160 valence electrons. The molecule has 0 bridgehead atoms. The molecule has 4 rings (SSSR count). The van der Waals surface area contributed by atoms with Crippen LogP contribution < -0.4 is 20.4 Å². The van der Waals surface area contributed by atoms with E-state index in [4.69, 9.17) is 13.9 Å². The quantitative estimate of drug-likeness (QED) is 0.264. The highest BCUT2D eigenvalue weighted by Crippen LogP contribution is 2.31. The lowest BCUT2D eigenvalue weighted by Gasteiger charge is -2.09. The molecule has 0 aliphatic carbocycles. The fourth-order valence-electron chi connectivity index (χ4n) is 3.02. The highest BCUT2D eigenvalue weighted by Gasteiger charge is 2.14. The molecule has 0 amide bonds. The van der Waals surface area contributed by atoms with Crippen LogP contribution in [-0.4, -0.2) is 19.2 Å². The third kappa shape index (κ3) is 4.37. The molecule has 0 saturated heterocycles. The van der Waals surface area contributed by atoms with Gasteiger partial charge in [0.2, 0.25) is 0 Å². The number of nitrogens with one attached hydrogen (secondary N) is 1. The second-order valence-corrected chi connectivity index (χ2v) is 8.33. The summed E-state index contributed by atoms with van der Waals surface area (Å²) in [6, 6.07) is 14.6. The van der Waals surface area contributed by atoms with Gasteiger partial charge < -0.3 is 19.2 Å². The van der Waals surface area contributed by atoms with E-state index in [1.807, 2.05) is 6.07 Å². The first-order chi connectivity index (χ1) is 15.5. The number of hydrogen-bond acceptors (Lipinski definition) is 8. The number of rotatable bonds is 6. The van der Waals surface area contributed by atoms with Crippen molar-refractivity contribution in [2.75, 3.05) is 19.5 Å². The van der Waals surface area contributed by atoms with Crippen molar-refractivity contribution in [2.24, 2.45) is 0 Å². The van der Waals surface area contributed by atoms with E-state index < -0.39 is 5.63 Å². The third-order valence-corrected chi connectivity index (χ3v) is 5.96. The summed E-state index contributed by atoms with van der Waals surface area (Å²) >= 11 is 4.69. The molecule has 0 spiro atoms. The monoisotopic (exact) mass is 509 g/mol. The molecule has 0 radical (unpaired) electrons. The number of halogens is 1. The highest BCUT2D eigenvalue weighted by atomic mass is 79.9. The molecule has 7 nitrogen and oxygen atoms in total. The Kier molecular flexibility index (Phi) is 6.25. The van der Waals surface area contributed by atoms with Crippen LogP contribution >= 0.6 is 27.3 Å². The van der Waals surface area contributed by atoms with Gasteiger partial charge in [0.1, 0.15) is 22.2 Å². The zero-order valence-corrected chi connectivity index (χ0v) is 19.4. The number of methoxy groups -OCH3 is 2. The lowest BCUT2D eigenvalue weighted by molar-refractivity contribution is 0.355. The summed E-state index contributed by atoms with van der Waals surface area (Å²) < 4.78 is 16.8. The van der Waals surface area contributed by atoms with Crippen molar-refractivity contribution in [3.63, 3.8) is 0 Å². The van der Waals surface area contributed by atoms with Crippen molar-refractivity contribution < 1.29 is 13.9 Å². The van der Waals surface area contributed by atoms with Gasteiger partial charge in [0, 0.05) is 33.2 Å². The zero-order valence-electron chi connectivity index (χ0n) is 17.0. The van der Waals surface area contributed by atoms with Crippen molar-refractivity contribution in [3.8, 4) is 28.8 Å². The van der Waals surface area contributed by atoms with Gasteiger partial charge in [-0.25, -0.2) is 9.78 Å². The van der Waals surface area contributed by atoms with E-state index in [1.54, 1.807) is 62.2 Å². The van der Waals surface area contributed by atoms with Gasteiger partial charge in [-0.2, -0.15) is 5.26 Å². The Bertz CT molecular complexity index is 1440. The van der Waals surface area contributed by atoms with E-state index in [9.17, 15) is 10.1 Å². The van der Waals surface area contributed by atoms with E-state index in [0.717, 1.165) is 9.86 Å². The molecule has 0 aliphatic heterocycles. The highest BCUT2D eigenvalue weighted by molar-refractivity contribution is 9.10. The number of nitriles is 1. The molecule has 2 aromatic heterocycles. The van der Waals surface area contributed by atoms with Crippen LogP contribution in [0, 0.1) is 11.3 Å². The van der Waals surface area contributed by atoms with Crippen molar-refractivity contribution in [1.82, 2.24) is 4.98 Å². The molecule has 0 unspecified atom stereocenters. The average Bonchev–Trinajstić information content (AvgIpc) is 3.29. The smallest absolute Gasteiger partial charge is 0.345 e. The lowest BCUT2D eigenvalue weighted by Crippen LogP contribution is -2.03. The summed E-state index contributed by atoms with van der Waals surface area (Å²) in [5.74, 6) is 1.17. The Balaban J connectivity index is 1.63. The van der Waals surface area contributed by atoms with Crippen LogP contribution in [0.5, 0.6) is 11.5 Å². The van der Waals surface area contributed by atoms with E-state index >= 15 is 0 Å². The summed E-state index contributed by atoms with van der Waals surface area (Å²) in [6.07, 6.45) is 1.56. The van der Waals surface area contributed by atoms with E-state index in [2.05, 4.69) is 32.3 Å². The summed E-state index contributed by atoms with van der Waals surface area (Å²) in [5, 5.41) is 15.7. The van der Waals surface area contributed by atoms with Crippen molar-refractivity contribution in [1.29, 1.82) is 5.26 Å². The maximum absolute atomic E-state index is 12.5. The van der Waals surface area contributed by atoms with Gasteiger partial charge in [-0.15, -0.1) is 11.3 Å². The SMILES string of the molecule is COc1ccc(N/C=C(\C#N)c2nc(-c3cc4cc(Br)ccc4oc3=O)cs2)cc1OC. The first kappa shape index (κ1) is 21.6. The number of allylic oxidation sites excluding steroid dienone is 1. The molecule has 4 aromatic rings. The van der Waals surface area contributed by atoms with Gasteiger partial charge in [-0.1, -0.05) is 15.9 Å². The van der Waals surface area contributed by atoms with Crippen LogP contribution in [0.15, 0.2) is 67.7 Å². The van der Waals surface area contributed by atoms with E-state index in [0.29, 0.717) is 44.6 Å². The lowest BCUT2D eigenvalue weighted by atomic mass is 10.1. The van der Waals surface area contributed by atoms with Gasteiger partial charge >= 0.3 is 5.63 Å². The summed E-state index contributed by atoms with van der Waals surface area (Å²) in [7, 11) is 3.12. The van der Waals surface area contributed by atoms with Crippen molar-refractivity contribution >= 4 is 49.5 Å². The minimum Gasteiger partial charge on any atom is -0.493 e. The molecule has 32 heavy (non-hydrogen) atoms. The predicted molar refractivity (Wildman–Crippen MR) is 128 cm³/mol. The maximum Gasteiger partial charge on any atom is 0.345 e. The molecule has 2 aromatic carbocycles. The topological polar surface area (TPSA) is 97.4 Å². The van der Waals surface area contributed by atoms with Crippen LogP contribution in [0.3, 0.4) is 0 Å². The molecule has 2 heterocycles. The summed E-state index contributed by atoms with van der Waals surface area (Å²) in [4.78, 5) is 16.9. The second kappa shape index (κ2) is 9.26. The Labute approximate surface area is 195 Å². The average molecular weight is 510 g/mol. The van der Waals surface area contributed by atoms with Crippen LogP contribution in [0.2, 0.25) is 0 Å². The van der Waals surface area contributed by atoms with E-state index in [-0.39, 0.29) is 0 Å². The standard InChI is InChI=1S/C23H16BrN3O4S/c1-29-20-6-4-16(9-21(20)30-2)26-11-14(10-25)22-27-18(12-32-22)17-8-13-7-15(24)3-5-19(13)31-23(17)28/h3-9,11-12,26H,1-2H3/b14-11+. The van der Waals surface area contributed by atoms with Crippen LogP contribution in [0.4, 0.5) is 5.69 Å². The largest absolute Gasteiger partial charge is 0.493 e. The zero-order chi connectivity index (χ0) is 22.7. The molecule has 0 saturated carbocycles.